The van der Waals surface area contributed by atoms with Crippen molar-refractivity contribution in [3.8, 4) is 17.2 Å². The first-order valence-corrected chi connectivity index (χ1v) is 25.1. The smallest absolute Gasteiger partial charge is 0.407 e. The highest BCUT2D eigenvalue weighted by molar-refractivity contribution is 6.21. The van der Waals surface area contributed by atoms with Crippen LogP contribution in [0, 0.1) is 36.5 Å². The number of nitrogens with one attached hydrogen (secondary N) is 2. The van der Waals surface area contributed by atoms with Crippen molar-refractivity contribution in [1.82, 2.24) is 15.1 Å². The van der Waals surface area contributed by atoms with E-state index in [1.807, 2.05) is 6.92 Å². The van der Waals surface area contributed by atoms with E-state index in [-0.39, 0.29) is 55.7 Å². The number of nitrogens with zero attached hydrogens (tertiary/aromatic N) is 4. The van der Waals surface area contributed by atoms with Gasteiger partial charge in [-0.15, -0.1) is 0 Å². The van der Waals surface area contributed by atoms with Crippen molar-refractivity contribution < 1.29 is 53.8 Å². The molecule has 8 rings (SSSR count). The number of alkyl carbamates (subject to hydrolysis) is 1. The van der Waals surface area contributed by atoms with Crippen LogP contribution in [0.25, 0.3) is 10.8 Å². The molecule has 2 aromatic carbocycles. The number of anilines is 1. The number of phenols is 2. The normalized spacial score (nSPS) is 31.9. The number of carbonyl (C=O) groups excluding carboxylic acids is 3. The van der Waals surface area contributed by atoms with Crippen LogP contribution in [0.3, 0.4) is 0 Å². The van der Waals surface area contributed by atoms with E-state index >= 15 is 0 Å². The lowest BCUT2D eigenvalue weighted by Crippen LogP contribution is -2.50. The fraction of sp³-hybridized carbons (Fsp3) is 0.642. The number of fused-ring (bicyclic) bond motifs is 13. The van der Waals surface area contributed by atoms with Crippen molar-refractivity contribution in [1.29, 1.82) is 0 Å². The molecule has 0 radical (unpaired) electrons. The Balaban J connectivity index is 1.31. The number of benzene rings is 2. The molecule has 2 fully saturated rings. The molecular formula is C53H76N6O11. The van der Waals surface area contributed by atoms with Crippen molar-refractivity contribution in [3.05, 3.63) is 58.0 Å². The summed E-state index contributed by atoms with van der Waals surface area (Å²) in [6.07, 6.45) is 5.86. The maximum Gasteiger partial charge on any atom is 0.407 e. The maximum absolute atomic E-state index is 14.9. The van der Waals surface area contributed by atoms with Crippen LogP contribution in [-0.4, -0.2) is 136 Å². The number of amides is 2. The molecule has 17 heteroatoms. The molecule has 5 bridgehead atoms. The third-order valence-corrected chi connectivity index (χ3v) is 15.4. The Hall–Kier alpha value is -5.07. The first-order chi connectivity index (χ1) is 33.0. The van der Waals surface area contributed by atoms with Crippen molar-refractivity contribution in [2.45, 2.75) is 150 Å². The molecule has 6 heterocycles. The van der Waals surface area contributed by atoms with Gasteiger partial charge < -0.3 is 59.8 Å². The second kappa shape index (κ2) is 21.0. The van der Waals surface area contributed by atoms with Gasteiger partial charge in [0.05, 0.1) is 41.2 Å². The Bertz CT molecular complexity index is 2540. The van der Waals surface area contributed by atoms with Crippen LogP contribution in [0.2, 0.25) is 0 Å². The molecule has 9 atom stereocenters. The standard InChI is InChI=1S/C53H76N6O11/c1-27(2)26-58-23-19-53(20-24-58)56-40-37-38-45(62)34(10)48-39(37)49(64)52(11,70-48)68-25-18-36(67-12)31(7)47(69-51(66)54-35-16-21-59(22-17-35)28(3)4)33(9)44(61)32(8)43(60)29(5)14-13-15-30(6)50(65)55-42(46(38)63)41(40)57-53/h13-15,18,25,27-29,31-33,35-36,43-44,47,56,60-63H,16-17,19-24,26H2,1-12H3,(H,54,66)/b14-13+,25-18+,30-15-,55-42?/t29-,31+,32+,33+,36-,43-,44+,47+,52-/m0/s1. The average Bonchev–Trinajstić information content (AvgIpc) is 3.82. The van der Waals surface area contributed by atoms with Crippen molar-refractivity contribution in [3.63, 3.8) is 0 Å². The highest BCUT2D eigenvalue weighted by Crippen LogP contribution is 2.51. The quantitative estimate of drug-likeness (QED) is 0.189. The number of aliphatic hydroxyl groups is 2. The van der Waals surface area contributed by atoms with Gasteiger partial charge in [-0.05, 0) is 52.5 Å². The van der Waals surface area contributed by atoms with Gasteiger partial charge in [-0.2, -0.15) is 0 Å². The van der Waals surface area contributed by atoms with E-state index in [1.54, 1.807) is 58.9 Å². The van der Waals surface area contributed by atoms with Gasteiger partial charge in [-0.1, -0.05) is 59.8 Å². The fourth-order valence-corrected chi connectivity index (χ4v) is 10.9. The molecule has 2 aromatic rings. The number of rotatable bonds is 6. The predicted octanol–water partition coefficient (Wildman–Crippen LogP) is 5.79. The maximum atomic E-state index is 14.9. The van der Waals surface area contributed by atoms with Crippen molar-refractivity contribution >= 4 is 34.2 Å². The Labute approximate surface area is 411 Å². The third kappa shape index (κ3) is 10.3. The number of aromatic hydroxyl groups is 2. The van der Waals surface area contributed by atoms with Crippen LogP contribution < -0.4 is 26.1 Å². The van der Waals surface area contributed by atoms with Crippen LogP contribution in [-0.2, 0) is 19.0 Å². The summed E-state index contributed by atoms with van der Waals surface area (Å²) in [4.78, 5) is 57.0. The van der Waals surface area contributed by atoms with E-state index in [0.717, 1.165) is 45.6 Å². The minimum Gasteiger partial charge on any atom is -0.507 e. The zero-order chi connectivity index (χ0) is 51.1. The molecule has 2 amide bonds. The number of methoxy groups -OCH3 is 1. The molecule has 17 nitrogen and oxygen atoms in total. The second-order valence-corrected chi connectivity index (χ2v) is 21.3. The van der Waals surface area contributed by atoms with Crippen LogP contribution in [0.5, 0.6) is 17.2 Å². The Morgan fingerprint density at radius 1 is 0.929 bits per heavy atom. The van der Waals surface area contributed by atoms with E-state index in [2.05, 4.69) is 53.1 Å². The molecule has 0 saturated carbocycles. The average molecular weight is 973 g/mol. The number of carbonyl (C=O) groups is 3. The number of ether oxygens (including phenoxy) is 4. The van der Waals surface area contributed by atoms with Gasteiger partial charge in [0.15, 0.2) is 5.75 Å². The van der Waals surface area contributed by atoms with Gasteiger partial charge >= 0.3 is 11.9 Å². The molecule has 0 aromatic heterocycles. The van der Waals surface area contributed by atoms with Crippen molar-refractivity contribution in [2.24, 2.45) is 39.6 Å². The summed E-state index contributed by atoms with van der Waals surface area (Å²) < 4.78 is 24.8. The summed E-state index contributed by atoms with van der Waals surface area (Å²) in [5.74, 6) is -6.19. The molecule has 6 N–H and O–H groups in total. The molecule has 70 heavy (non-hydrogen) atoms. The largest absolute Gasteiger partial charge is 0.507 e. The number of allylic oxidation sites excluding steroid dienone is 2. The van der Waals surface area contributed by atoms with Crippen LogP contribution in [0.4, 0.5) is 10.5 Å². The number of hydrogen-bond donors (Lipinski definition) is 6. The fourth-order valence-electron chi connectivity index (χ4n) is 10.9. The van der Waals surface area contributed by atoms with E-state index in [1.165, 1.54) is 20.3 Å². The van der Waals surface area contributed by atoms with Gasteiger partial charge in [0.1, 0.15) is 34.0 Å². The van der Waals surface area contributed by atoms with Gasteiger partial charge in [0, 0.05) is 112 Å². The first kappa shape index (κ1) is 52.7. The van der Waals surface area contributed by atoms with Crippen LogP contribution >= 0.6 is 0 Å². The highest BCUT2D eigenvalue weighted by Gasteiger charge is 2.51. The molecule has 6 aliphatic rings. The zero-order valence-corrected chi connectivity index (χ0v) is 43.0. The van der Waals surface area contributed by atoms with Crippen LogP contribution in [0.1, 0.15) is 111 Å². The Morgan fingerprint density at radius 2 is 1.60 bits per heavy atom. The monoisotopic (exact) mass is 973 g/mol. The molecule has 2 saturated heterocycles. The number of hydrogen-bond acceptors (Lipinski definition) is 15. The Morgan fingerprint density at radius 3 is 2.23 bits per heavy atom. The predicted molar refractivity (Wildman–Crippen MR) is 265 cm³/mol. The summed E-state index contributed by atoms with van der Waals surface area (Å²) in [7, 11) is 1.49. The SMILES string of the molecule is CO[C@H]1/C=C/O[C@@]2(C)Oc3c(C)c(O)c4c(O)c(c5c(c4c3C2=O)NC2(CCN(CC(C)C)CC2)N=5)=NC(=O)/C(C)=C\C=C\[C@H](C)[C@H](O)[C@@H](C)[C@@H](O)[C@@H](C)[C@H](OC(=O)NC2CCN(C(C)C)CC2)[C@@H]1C. The molecule has 1 spiro atoms. The van der Waals surface area contributed by atoms with Gasteiger partial charge in [-0.25, -0.2) is 9.79 Å². The lowest BCUT2D eigenvalue weighted by molar-refractivity contribution is -0.114. The summed E-state index contributed by atoms with van der Waals surface area (Å²) in [6.45, 7) is 24.4. The molecule has 0 unspecified atom stereocenters. The highest BCUT2D eigenvalue weighted by atomic mass is 16.7. The molecule has 384 valence electrons. The summed E-state index contributed by atoms with van der Waals surface area (Å²) in [5, 5.41) is 54.5. The minimum atomic E-state index is -1.97. The first-order valence-electron chi connectivity index (χ1n) is 25.1. The van der Waals surface area contributed by atoms with Gasteiger partial charge in [-0.3, -0.25) is 14.6 Å². The number of phenolic OH excluding ortho intramolecular Hbond substituents is 2. The lowest BCUT2D eigenvalue weighted by atomic mass is 9.78. The second-order valence-electron chi connectivity index (χ2n) is 21.3. The third-order valence-electron chi connectivity index (χ3n) is 15.4. The van der Waals surface area contributed by atoms with Gasteiger partial charge in [0.25, 0.3) is 11.7 Å². The minimum absolute atomic E-state index is 0.0533. The zero-order valence-electron chi connectivity index (χ0n) is 43.0. The number of Topliss-reactive ketones (excluding diaryl/α,β-unsaturated/α-hetero) is 1. The Kier molecular flexibility index (Phi) is 15.8. The van der Waals surface area contributed by atoms with E-state index in [4.69, 9.17) is 23.9 Å². The van der Waals surface area contributed by atoms with Crippen molar-refractivity contribution in [2.75, 3.05) is 45.2 Å². The molecule has 6 aliphatic heterocycles. The van der Waals surface area contributed by atoms with E-state index in [9.17, 15) is 34.8 Å². The molecule has 0 aliphatic carbocycles. The summed E-state index contributed by atoms with van der Waals surface area (Å²) in [5.41, 5.74) is -0.123. The van der Waals surface area contributed by atoms with E-state index in [0.29, 0.717) is 30.5 Å². The van der Waals surface area contributed by atoms with E-state index < -0.39 is 83.1 Å². The number of likely N-dealkylation sites (tertiary alicyclic amines) is 2. The molecular weight excluding hydrogens is 897 g/mol. The topological polar surface area (TPSA) is 224 Å². The summed E-state index contributed by atoms with van der Waals surface area (Å²) >= 11 is 0. The number of piperidine rings is 2. The van der Waals surface area contributed by atoms with Crippen LogP contribution in [0.15, 0.2) is 46.1 Å². The van der Waals surface area contributed by atoms with Gasteiger partial charge in [0.2, 0.25) is 0 Å². The summed E-state index contributed by atoms with van der Waals surface area (Å²) in [6, 6.07) is 0.295. The number of aliphatic hydroxyl groups excluding tert-OH is 2. The number of ketones is 1. The lowest BCUT2D eigenvalue weighted by Gasteiger charge is -2.39.